The SMILES string of the molecule is NCC(=O)N1CCCC12CCN(c1c(Cl)cnc3[nH]ncc13)C2. The molecule has 2 aliphatic rings. The lowest BCUT2D eigenvalue weighted by Crippen LogP contribution is -2.51. The van der Waals surface area contributed by atoms with E-state index in [0.717, 1.165) is 55.6 Å². The van der Waals surface area contributed by atoms with Gasteiger partial charge in [0.2, 0.25) is 5.91 Å². The molecule has 1 atom stereocenters. The van der Waals surface area contributed by atoms with Crippen molar-refractivity contribution in [2.24, 2.45) is 5.73 Å². The van der Waals surface area contributed by atoms with Crippen LogP contribution in [-0.2, 0) is 4.79 Å². The zero-order valence-electron chi connectivity index (χ0n) is 12.8. The van der Waals surface area contributed by atoms with Crippen molar-refractivity contribution >= 4 is 34.2 Å². The Bertz CT molecular complexity index is 762. The topological polar surface area (TPSA) is 91.1 Å². The average Bonchev–Trinajstić information content (AvgIpc) is 3.27. The van der Waals surface area contributed by atoms with E-state index in [1.54, 1.807) is 12.4 Å². The molecule has 2 aromatic rings. The van der Waals surface area contributed by atoms with Crippen LogP contribution in [0.5, 0.6) is 0 Å². The molecule has 0 aromatic carbocycles. The maximum Gasteiger partial charge on any atom is 0.236 e. The number of aromatic amines is 1. The molecule has 1 amide bonds. The molecular formula is C15H19ClN6O. The molecule has 1 spiro atoms. The number of hydrogen-bond acceptors (Lipinski definition) is 5. The molecule has 7 nitrogen and oxygen atoms in total. The summed E-state index contributed by atoms with van der Waals surface area (Å²) >= 11 is 6.42. The zero-order valence-corrected chi connectivity index (χ0v) is 13.5. The summed E-state index contributed by atoms with van der Waals surface area (Å²) in [5, 5.41) is 8.48. The van der Waals surface area contributed by atoms with Gasteiger partial charge in [-0.15, -0.1) is 0 Å². The van der Waals surface area contributed by atoms with Crippen LogP contribution in [-0.4, -0.2) is 57.7 Å². The van der Waals surface area contributed by atoms with Crippen molar-refractivity contribution in [3.05, 3.63) is 17.4 Å². The molecule has 2 aliphatic heterocycles. The van der Waals surface area contributed by atoms with Crippen LogP contribution in [0.4, 0.5) is 5.69 Å². The fourth-order valence-corrected chi connectivity index (χ4v) is 4.36. The number of hydrogen-bond donors (Lipinski definition) is 2. The van der Waals surface area contributed by atoms with E-state index in [2.05, 4.69) is 20.1 Å². The third kappa shape index (κ3) is 2.18. The fourth-order valence-electron chi connectivity index (χ4n) is 4.09. The third-order valence-corrected chi connectivity index (χ3v) is 5.40. The molecule has 2 saturated heterocycles. The van der Waals surface area contributed by atoms with Crippen LogP contribution in [0.2, 0.25) is 5.02 Å². The van der Waals surface area contributed by atoms with Gasteiger partial charge in [-0.05, 0) is 19.3 Å². The normalized spacial score (nSPS) is 24.3. The van der Waals surface area contributed by atoms with Gasteiger partial charge in [0.25, 0.3) is 0 Å². The highest BCUT2D eigenvalue weighted by Gasteiger charge is 2.48. The summed E-state index contributed by atoms with van der Waals surface area (Å²) in [7, 11) is 0. The van der Waals surface area contributed by atoms with Crippen LogP contribution in [0.1, 0.15) is 19.3 Å². The number of carbonyl (C=O) groups is 1. The maximum atomic E-state index is 12.2. The molecule has 4 rings (SSSR count). The Balaban J connectivity index is 1.69. The first-order valence-corrected chi connectivity index (χ1v) is 8.25. The summed E-state index contributed by atoms with van der Waals surface area (Å²) in [6.07, 6.45) is 6.40. The minimum atomic E-state index is -0.112. The summed E-state index contributed by atoms with van der Waals surface area (Å²) in [6.45, 7) is 2.51. The molecule has 2 fully saturated rings. The number of aromatic nitrogens is 3. The van der Waals surface area contributed by atoms with Gasteiger partial charge in [-0.3, -0.25) is 9.89 Å². The lowest BCUT2D eigenvalue weighted by atomic mass is 9.95. The highest BCUT2D eigenvalue weighted by molar-refractivity contribution is 6.34. The van der Waals surface area contributed by atoms with E-state index in [-0.39, 0.29) is 18.0 Å². The standard InChI is InChI=1S/C15H19ClN6O/c16-11-8-18-14-10(7-19-20-14)13(11)21-5-3-15(9-21)2-1-4-22(15)12(23)6-17/h7-8H,1-6,9,17H2,(H,18,19,20). The predicted octanol–water partition coefficient (Wildman–Crippen LogP) is 1.14. The number of halogens is 1. The Morgan fingerprint density at radius 1 is 1.39 bits per heavy atom. The van der Waals surface area contributed by atoms with Crippen LogP contribution in [0.15, 0.2) is 12.4 Å². The van der Waals surface area contributed by atoms with Crippen LogP contribution in [0, 0.1) is 0 Å². The lowest BCUT2D eigenvalue weighted by Gasteiger charge is -2.35. The first-order valence-electron chi connectivity index (χ1n) is 7.88. The number of carbonyl (C=O) groups excluding carboxylic acids is 1. The number of rotatable bonds is 2. The Morgan fingerprint density at radius 3 is 3.09 bits per heavy atom. The molecule has 0 bridgehead atoms. The second-order valence-electron chi connectivity index (χ2n) is 6.34. The smallest absolute Gasteiger partial charge is 0.236 e. The quantitative estimate of drug-likeness (QED) is 0.859. The minimum absolute atomic E-state index is 0.0404. The molecular weight excluding hydrogens is 316 g/mol. The van der Waals surface area contributed by atoms with E-state index in [0.29, 0.717) is 5.02 Å². The van der Waals surface area contributed by atoms with Crippen molar-refractivity contribution in [2.45, 2.75) is 24.8 Å². The van der Waals surface area contributed by atoms with Crippen molar-refractivity contribution in [1.29, 1.82) is 0 Å². The fraction of sp³-hybridized carbons (Fsp3) is 0.533. The Morgan fingerprint density at radius 2 is 2.26 bits per heavy atom. The Hall–Kier alpha value is -1.86. The van der Waals surface area contributed by atoms with Gasteiger partial charge in [0.1, 0.15) is 0 Å². The molecule has 0 aliphatic carbocycles. The van der Waals surface area contributed by atoms with Gasteiger partial charge in [0.15, 0.2) is 5.65 Å². The summed E-state index contributed by atoms with van der Waals surface area (Å²) in [4.78, 5) is 20.7. The summed E-state index contributed by atoms with van der Waals surface area (Å²) in [5.74, 6) is 0.0404. The van der Waals surface area contributed by atoms with Crippen LogP contribution < -0.4 is 10.6 Å². The first-order chi connectivity index (χ1) is 11.1. The van der Waals surface area contributed by atoms with E-state index in [1.165, 1.54) is 0 Å². The highest BCUT2D eigenvalue weighted by Crippen LogP contribution is 2.42. The van der Waals surface area contributed by atoms with Crippen molar-refractivity contribution in [3.8, 4) is 0 Å². The zero-order chi connectivity index (χ0) is 16.0. The van der Waals surface area contributed by atoms with Crippen molar-refractivity contribution in [3.63, 3.8) is 0 Å². The Kier molecular flexibility index (Phi) is 3.42. The second-order valence-corrected chi connectivity index (χ2v) is 6.74. The highest BCUT2D eigenvalue weighted by atomic mass is 35.5. The monoisotopic (exact) mass is 334 g/mol. The third-order valence-electron chi connectivity index (χ3n) is 5.13. The molecule has 0 saturated carbocycles. The van der Waals surface area contributed by atoms with E-state index in [4.69, 9.17) is 17.3 Å². The van der Waals surface area contributed by atoms with Gasteiger partial charge in [-0.1, -0.05) is 11.6 Å². The largest absolute Gasteiger partial charge is 0.367 e. The summed E-state index contributed by atoms with van der Waals surface area (Å²) < 4.78 is 0. The van der Waals surface area contributed by atoms with E-state index in [9.17, 15) is 4.79 Å². The van der Waals surface area contributed by atoms with Crippen molar-refractivity contribution in [1.82, 2.24) is 20.1 Å². The van der Waals surface area contributed by atoms with E-state index < -0.39 is 0 Å². The number of anilines is 1. The van der Waals surface area contributed by atoms with Gasteiger partial charge >= 0.3 is 0 Å². The number of nitrogens with two attached hydrogens (primary N) is 1. The molecule has 3 N–H and O–H groups in total. The molecule has 23 heavy (non-hydrogen) atoms. The molecule has 2 aromatic heterocycles. The molecule has 4 heterocycles. The summed E-state index contributed by atoms with van der Waals surface area (Å²) in [6, 6.07) is 0. The molecule has 8 heteroatoms. The van der Waals surface area contributed by atoms with Crippen LogP contribution in [0.25, 0.3) is 11.0 Å². The summed E-state index contributed by atoms with van der Waals surface area (Å²) in [5.41, 5.74) is 7.16. The first kappa shape index (κ1) is 14.7. The molecule has 122 valence electrons. The lowest BCUT2D eigenvalue weighted by molar-refractivity contribution is -0.133. The Labute approximate surface area is 138 Å². The van der Waals surface area contributed by atoms with Crippen molar-refractivity contribution in [2.75, 3.05) is 31.1 Å². The minimum Gasteiger partial charge on any atom is -0.367 e. The number of amides is 1. The van der Waals surface area contributed by atoms with E-state index >= 15 is 0 Å². The van der Waals surface area contributed by atoms with Crippen LogP contribution >= 0.6 is 11.6 Å². The molecule has 0 radical (unpaired) electrons. The number of H-pyrrole nitrogens is 1. The van der Waals surface area contributed by atoms with Gasteiger partial charge in [-0.2, -0.15) is 5.10 Å². The predicted molar refractivity (Wildman–Crippen MR) is 88.5 cm³/mol. The average molecular weight is 335 g/mol. The number of likely N-dealkylation sites (tertiary alicyclic amines) is 1. The number of pyridine rings is 1. The van der Waals surface area contributed by atoms with Gasteiger partial charge in [0, 0.05) is 19.6 Å². The van der Waals surface area contributed by atoms with Crippen LogP contribution in [0.3, 0.4) is 0 Å². The molecule has 1 unspecified atom stereocenters. The van der Waals surface area contributed by atoms with Gasteiger partial charge in [0.05, 0.1) is 40.6 Å². The second kappa shape index (κ2) is 5.35. The van der Waals surface area contributed by atoms with Gasteiger partial charge in [-0.25, -0.2) is 4.98 Å². The number of nitrogens with one attached hydrogen (secondary N) is 1. The van der Waals surface area contributed by atoms with E-state index in [1.807, 2.05) is 4.90 Å². The maximum absolute atomic E-state index is 12.2. The van der Waals surface area contributed by atoms with Gasteiger partial charge < -0.3 is 15.5 Å². The van der Waals surface area contributed by atoms with Crippen molar-refractivity contribution < 1.29 is 4.79 Å². The number of nitrogens with zero attached hydrogens (tertiary/aromatic N) is 4. The number of fused-ring (bicyclic) bond motifs is 1.